The first-order chi connectivity index (χ1) is 14.8. The summed E-state index contributed by atoms with van der Waals surface area (Å²) in [6, 6.07) is 9.75. The van der Waals surface area contributed by atoms with Gasteiger partial charge in [-0.3, -0.25) is 0 Å². The number of nitrogens with zero attached hydrogens (tertiary/aromatic N) is 2. The highest BCUT2D eigenvalue weighted by atomic mass is 32.2. The number of hydrogen-bond donors (Lipinski definition) is 2. The van der Waals surface area contributed by atoms with E-state index in [1.165, 1.54) is 16.4 Å². The number of fused-ring (bicyclic) bond motifs is 1. The zero-order valence-corrected chi connectivity index (χ0v) is 18.0. The summed E-state index contributed by atoms with van der Waals surface area (Å²) in [5, 5.41) is 12.9. The summed E-state index contributed by atoms with van der Waals surface area (Å²) in [5.74, 6) is 1.08. The van der Waals surface area contributed by atoms with Gasteiger partial charge in [0, 0.05) is 32.7 Å². The first-order valence-corrected chi connectivity index (χ1v) is 11.5. The molecule has 2 aliphatic heterocycles. The van der Waals surface area contributed by atoms with Crippen molar-refractivity contribution < 1.29 is 27.8 Å². The smallest absolute Gasteiger partial charge is 0.317 e. The molecule has 0 unspecified atom stereocenters. The molecule has 2 heterocycles. The minimum absolute atomic E-state index is 0.107. The quantitative estimate of drug-likeness (QED) is 0.739. The minimum Gasteiger partial charge on any atom is -0.507 e. The van der Waals surface area contributed by atoms with Gasteiger partial charge >= 0.3 is 6.03 Å². The molecule has 10 heteroatoms. The van der Waals surface area contributed by atoms with Gasteiger partial charge in [0.05, 0.1) is 0 Å². The number of sulfonamides is 1. The Hall–Kier alpha value is -2.98. The van der Waals surface area contributed by atoms with E-state index in [4.69, 9.17) is 9.47 Å². The highest BCUT2D eigenvalue weighted by Gasteiger charge is 2.31. The monoisotopic (exact) mass is 447 g/mol. The number of hydrogen-bond acceptors (Lipinski definition) is 6. The SMILES string of the molecule is Cc1ccc(O)c(S(=O)(=O)N2CCN(C(=O)NCc3ccc4c(c3)OCCO4)CC2)c1. The number of urea groups is 1. The molecule has 0 saturated carbocycles. The molecule has 2 amide bonds. The van der Waals surface area contributed by atoms with Crippen molar-refractivity contribution >= 4 is 16.1 Å². The van der Waals surface area contributed by atoms with E-state index < -0.39 is 10.0 Å². The summed E-state index contributed by atoms with van der Waals surface area (Å²) >= 11 is 0. The molecule has 0 spiro atoms. The van der Waals surface area contributed by atoms with Crippen molar-refractivity contribution in [3.63, 3.8) is 0 Å². The maximum Gasteiger partial charge on any atom is 0.317 e. The van der Waals surface area contributed by atoms with Gasteiger partial charge in [-0.05, 0) is 42.3 Å². The zero-order chi connectivity index (χ0) is 22.0. The van der Waals surface area contributed by atoms with Crippen molar-refractivity contribution in [2.75, 3.05) is 39.4 Å². The van der Waals surface area contributed by atoms with Gasteiger partial charge in [0.2, 0.25) is 10.0 Å². The molecule has 2 aliphatic rings. The Morgan fingerprint density at radius 2 is 1.74 bits per heavy atom. The van der Waals surface area contributed by atoms with Gasteiger partial charge in [-0.2, -0.15) is 4.31 Å². The first kappa shape index (κ1) is 21.3. The summed E-state index contributed by atoms with van der Waals surface area (Å²) in [5.41, 5.74) is 1.63. The van der Waals surface area contributed by atoms with E-state index >= 15 is 0 Å². The van der Waals surface area contributed by atoms with E-state index in [2.05, 4.69) is 5.32 Å². The van der Waals surface area contributed by atoms with Gasteiger partial charge in [0.1, 0.15) is 23.9 Å². The second-order valence-electron chi connectivity index (χ2n) is 7.50. The summed E-state index contributed by atoms with van der Waals surface area (Å²) in [4.78, 5) is 14.0. The van der Waals surface area contributed by atoms with Crippen molar-refractivity contribution in [2.45, 2.75) is 18.4 Å². The van der Waals surface area contributed by atoms with Crippen molar-refractivity contribution in [1.82, 2.24) is 14.5 Å². The maximum atomic E-state index is 12.9. The first-order valence-electron chi connectivity index (χ1n) is 10.1. The molecule has 2 N–H and O–H groups in total. The van der Waals surface area contributed by atoms with Crippen molar-refractivity contribution in [2.24, 2.45) is 0 Å². The van der Waals surface area contributed by atoms with Crippen LogP contribution in [0.2, 0.25) is 0 Å². The minimum atomic E-state index is -3.83. The molecule has 1 fully saturated rings. The second-order valence-corrected chi connectivity index (χ2v) is 9.41. The van der Waals surface area contributed by atoms with E-state index in [9.17, 15) is 18.3 Å². The number of phenols is 1. The molecular formula is C21H25N3O6S. The van der Waals surface area contributed by atoms with E-state index in [-0.39, 0.29) is 42.9 Å². The summed E-state index contributed by atoms with van der Waals surface area (Å²) < 4.78 is 38.1. The molecule has 1 saturated heterocycles. The number of aryl methyl sites for hydroxylation is 1. The number of rotatable bonds is 4. The van der Waals surface area contributed by atoms with Crippen LogP contribution in [0.1, 0.15) is 11.1 Å². The fraction of sp³-hybridized carbons (Fsp3) is 0.381. The number of piperazine rings is 1. The lowest BCUT2D eigenvalue weighted by Crippen LogP contribution is -2.52. The van der Waals surface area contributed by atoms with Crippen LogP contribution in [-0.2, 0) is 16.6 Å². The Bertz CT molecular complexity index is 1080. The number of phenolic OH excluding ortho intramolecular Hbond substituents is 1. The molecule has 0 aromatic heterocycles. The predicted molar refractivity (Wildman–Crippen MR) is 113 cm³/mol. The zero-order valence-electron chi connectivity index (χ0n) is 17.2. The number of amides is 2. The average Bonchev–Trinajstić information content (AvgIpc) is 2.79. The van der Waals surface area contributed by atoms with Crippen LogP contribution in [0.15, 0.2) is 41.3 Å². The van der Waals surface area contributed by atoms with E-state index in [0.717, 1.165) is 11.1 Å². The molecule has 0 atom stereocenters. The molecule has 2 aromatic carbocycles. The fourth-order valence-electron chi connectivity index (χ4n) is 3.59. The number of benzene rings is 2. The maximum absolute atomic E-state index is 12.9. The van der Waals surface area contributed by atoms with E-state index in [0.29, 0.717) is 31.3 Å². The summed E-state index contributed by atoms with van der Waals surface area (Å²) in [6.07, 6.45) is 0. The van der Waals surface area contributed by atoms with Crippen LogP contribution in [0, 0.1) is 6.92 Å². The molecule has 31 heavy (non-hydrogen) atoms. The molecule has 4 rings (SSSR count). The number of aromatic hydroxyl groups is 1. The van der Waals surface area contributed by atoms with Crippen LogP contribution in [0.5, 0.6) is 17.2 Å². The third kappa shape index (κ3) is 4.54. The van der Waals surface area contributed by atoms with Gasteiger partial charge in [0.25, 0.3) is 0 Å². The van der Waals surface area contributed by atoms with Gasteiger partial charge in [-0.15, -0.1) is 0 Å². The molecule has 2 aromatic rings. The number of carbonyl (C=O) groups excluding carboxylic acids is 1. The summed E-state index contributed by atoms with van der Waals surface area (Å²) in [7, 11) is -3.83. The Kier molecular flexibility index (Phi) is 5.92. The Morgan fingerprint density at radius 1 is 1.03 bits per heavy atom. The third-order valence-electron chi connectivity index (χ3n) is 5.31. The van der Waals surface area contributed by atoms with Crippen LogP contribution in [0.25, 0.3) is 0 Å². The van der Waals surface area contributed by atoms with Gasteiger partial charge in [-0.25, -0.2) is 13.2 Å². The number of carbonyl (C=O) groups is 1. The van der Waals surface area contributed by atoms with E-state index in [1.807, 2.05) is 18.2 Å². The Morgan fingerprint density at radius 3 is 2.48 bits per heavy atom. The Labute approximate surface area is 181 Å². The van der Waals surface area contributed by atoms with Crippen LogP contribution < -0.4 is 14.8 Å². The topological polar surface area (TPSA) is 108 Å². The van der Waals surface area contributed by atoms with Crippen LogP contribution in [-0.4, -0.2) is 68.2 Å². The normalized spacial score (nSPS) is 16.7. The molecule has 0 bridgehead atoms. The molecule has 0 aliphatic carbocycles. The van der Waals surface area contributed by atoms with E-state index in [1.54, 1.807) is 17.9 Å². The lowest BCUT2D eigenvalue weighted by molar-refractivity contribution is 0.170. The number of ether oxygens (including phenoxy) is 2. The average molecular weight is 448 g/mol. The predicted octanol–water partition coefficient (Wildman–Crippen LogP) is 1.69. The van der Waals surface area contributed by atoms with Crippen molar-refractivity contribution in [1.29, 1.82) is 0 Å². The van der Waals surface area contributed by atoms with Crippen LogP contribution in [0.3, 0.4) is 0 Å². The van der Waals surface area contributed by atoms with Crippen LogP contribution in [0.4, 0.5) is 4.79 Å². The molecule has 166 valence electrons. The molecule has 0 radical (unpaired) electrons. The molecular weight excluding hydrogens is 422 g/mol. The van der Waals surface area contributed by atoms with Crippen LogP contribution >= 0.6 is 0 Å². The van der Waals surface area contributed by atoms with Crippen molar-refractivity contribution in [3.8, 4) is 17.2 Å². The number of nitrogens with one attached hydrogen (secondary N) is 1. The Balaban J connectivity index is 1.33. The largest absolute Gasteiger partial charge is 0.507 e. The lowest BCUT2D eigenvalue weighted by atomic mass is 10.2. The highest BCUT2D eigenvalue weighted by Crippen LogP contribution is 2.31. The van der Waals surface area contributed by atoms with Gasteiger partial charge in [-0.1, -0.05) is 12.1 Å². The fourth-order valence-corrected chi connectivity index (χ4v) is 5.18. The van der Waals surface area contributed by atoms with Gasteiger partial charge < -0.3 is 24.8 Å². The standard InChI is InChI=1S/C21H25N3O6S/c1-15-2-4-17(25)20(12-15)31(27,28)24-8-6-23(7-9-24)21(26)22-14-16-3-5-18-19(13-16)30-11-10-29-18/h2-5,12-13,25H,6-11,14H2,1H3,(H,22,26). The third-order valence-corrected chi connectivity index (χ3v) is 7.24. The molecule has 9 nitrogen and oxygen atoms in total. The lowest BCUT2D eigenvalue weighted by Gasteiger charge is -2.34. The van der Waals surface area contributed by atoms with Crippen molar-refractivity contribution in [3.05, 3.63) is 47.5 Å². The van der Waals surface area contributed by atoms with Gasteiger partial charge in [0.15, 0.2) is 11.5 Å². The summed E-state index contributed by atoms with van der Waals surface area (Å²) in [6.45, 7) is 3.95. The second kappa shape index (κ2) is 8.64. The highest BCUT2D eigenvalue weighted by molar-refractivity contribution is 7.89.